The number of aromatic amines is 1. The van der Waals surface area contributed by atoms with Gasteiger partial charge in [0.15, 0.2) is 9.84 Å². The predicted octanol–water partition coefficient (Wildman–Crippen LogP) is 0.621. The van der Waals surface area contributed by atoms with Crippen molar-refractivity contribution in [1.29, 1.82) is 0 Å². The number of thioether (sulfide) groups is 1. The van der Waals surface area contributed by atoms with Gasteiger partial charge in [0.05, 0.1) is 11.5 Å². The van der Waals surface area contributed by atoms with Crippen LogP contribution in [0.1, 0.15) is 30.3 Å². The number of hydrogen-bond donors (Lipinski definition) is 2. The van der Waals surface area contributed by atoms with Crippen LogP contribution in [0.4, 0.5) is 0 Å². The van der Waals surface area contributed by atoms with Crippen LogP contribution in [0.15, 0.2) is 5.16 Å². The third kappa shape index (κ3) is 3.02. The third-order valence-corrected chi connectivity index (χ3v) is 5.71. The van der Waals surface area contributed by atoms with Gasteiger partial charge in [-0.15, -0.1) is 5.10 Å². The van der Waals surface area contributed by atoms with Crippen molar-refractivity contribution in [3.63, 3.8) is 0 Å². The monoisotopic (exact) mass is 291 g/mol. The number of sulfone groups is 1. The van der Waals surface area contributed by atoms with Gasteiger partial charge in [0, 0.05) is 0 Å². The SMILES string of the molecule is O=C(O)CSc1n[nH]c(C2CCCCS2(=O)=O)n1. The van der Waals surface area contributed by atoms with E-state index in [1.165, 1.54) is 0 Å². The van der Waals surface area contributed by atoms with Gasteiger partial charge in [-0.1, -0.05) is 18.2 Å². The maximum Gasteiger partial charge on any atom is 0.313 e. The van der Waals surface area contributed by atoms with Crippen LogP contribution >= 0.6 is 11.8 Å². The molecule has 1 aromatic rings. The molecule has 2 rings (SSSR count). The summed E-state index contributed by atoms with van der Waals surface area (Å²) in [6.45, 7) is 0. The minimum Gasteiger partial charge on any atom is -0.481 e. The van der Waals surface area contributed by atoms with Gasteiger partial charge < -0.3 is 5.11 Å². The summed E-state index contributed by atoms with van der Waals surface area (Å²) in [6.07, 6.45) is 2.08. The number of carbonyl (C=O) groups is 1. The fourth-order valence-corrected chi connectivity index (χ4v) is 4.24. The number of rotatable bonds is 4. The molecule has 2 heterocycles. The Morgan fingerprint density at radius 2 is 2.28 bits per heavy atom. The van der Waals surface area contributed by atoms with Gasteiger partial charge in [0.2, 0.25) is 5.16 Å². The smallest absolute Gasteiger partial charge is 0.313 e. The average Bonchev–Trinajstić information content (AvgIpc) is 2.74. The van der Waals surface area contributed by atoms with E-state index >= 15 is 0 Å². The topological polar surface area (TPSA) is 113 Å². The van der Waals surface area contributed by atoms with E-state index in [4.69, 9.17) is 5.11 Å². The van der Waals surface area contributed by atoms with E-state index in [9.17, 15) is 13.2 Å². The predicted molar refractivity (Wildman–Crippen MR) is 65.1 cm³/mol. The quantitative estimate of drug-likeness (QED) is 0.782. The summed E-state index contributed by atoms with van der Waals surface area (Å²) in [5.41, 5.74) is 0. The highest BCUT2D eigenvalue weighted by atomic mass is 32.2. The molecule has 0 aromatic carbocycles. The first kappa shape index (κ1) is 13.3. The standard InChI is InChI=1S/C9H13N3O4S2/c13-7(14)5-17-9-10-8(11-12-9)6-3-1-2-4-18(6,15)16/h6H,1-5H2,(H,13,14)(H,10,11,12). The molecule has 100 valence electrons. The molecule has 1 atom stereocenters. The van der Waals surface area contributed by atoms with Crippen LogP contribution < -0.4 is 0 Å². The summed E-state index contributed by atoms with van der Waals surface area (Å²) >= 11 is 0.966. The van der Waals surface area contributed by atoms with Crippen LogP contribution in [0, 0.1) is 0 Å². The lowest BCUT2D eigenvalue weighted by molar-refractivity contribution is -0.133. The Balaban J connectivity index is 2.11. The molecule has 1 saturated heterocycles. The number of nitrogens with zero attached hydrogens (tertiary/aromatic N) is 2. The molecule has 0 spiro atoms. The lowest BCUT2D eigenvalue weighted by Gasteiger charge is -2.19. The molecule has 1 aliphatic heterocycles. The minimum atomic E-state index is -3.15. The van der Waals surface area contributed by atoms with Crippen molar-refractivity contribution in [3.8, 4) is 0 Å². The molecule has 1 aromatic heterocycles. The summed E-state index contributed by atoms with van der Waals surface area (Å²) < 4.78 is 23.7. The Morgan fingerprint density at radius 1 is 1.50 bits per heavy atom. The summed E-state index contributed by atoms with van der Waals surface area (Å²) in [5.74, 6) is -0.607. The maximum absolute atomic E-state index is 11.9. The van der Waals surface area contributed by atoms with Crippen molar-refractivity contribution in [1.82, 2.24) is 15.2 Å². The molecule has 1 fully saturated rings. The average molecular weight is 291 g/mol. The largest absolute Gasteiger partial charge is 0.481 e. The number of hydrogen-bond acceptors (Lipinski definition) is 6. The first-order valence-corrected chi connectivity index (χ1v) is 8.17. The molecule has 1 aliphatic rings. The number of carboxylic acids is 1. The molecule has 9 heteroatoms. The highest BCUT2D eigenvalue weighted by molar-refractivity contribution is 7.99. The van der Waals surface area contributed by atoms with Crippen molar-refractivity contribution < 1.29 is 18.3 Å². The third-order valence-electron chi connectivity index (χ3n) is 2.69. The number of carboxylic acid groups (broad SMARTS) is 1. The van der Waals surface area contributed by atoms with Crippen molar-refractivity contribution in [2.24, 2.45) is 0 Å². The number of nitrogens with one attached hydrogen (secondary N) is 1. The lowest BCUT2D eigenvalue weighted by atomic mass is 10.2. The van der Waals surface area contributed by atoms with Crippen molar-refractivity contribution in [3.05, 3.63) is 5.82 Å². The zero-order chi connectivity index (χ0) is 13.2. The molecule has 2 N–H and O–H groups in total. The first-order chi connectivity index (χ1) is 8.49. The Morgan fingerprint density at radius 3 is 2.94 bits per heavy atom. The molecule has 0 amide bonds. The summed E-state index contributed by atoms with van der Waals surface area (Å²) in [7, 11) is -3.15. The molecule has 1 unspecified atom stereocenters. The minimum absolute atomic E-state index is 0.144. The summed E-state index contributed by atoms with van der Waals surface area (Å²) in [5, 5.41) is 14.6. The van der Waals surface area contributed by atoms with Crippen molar-refractivity contribution >= 4 is 27.6 Å². The molecular formula is C9H13N3O4S2. The van der Waals surface area contributed by atoms with E-state index in [1.54, 1.807) is 0 Å². The second-order valence-corrected chi connectivity index (χ2v) is 7.28. The van der Waals surface area contributed by atoms with Gasteiger partial charge in [-0.05, 0) is 12.8 Å². The van der Waals surface area contributed by atoms with Crippen LogP contribution in [-0.4, -0.2) is 46.2 Å². The van der Waals surface area contributed by atoms with Gasteiger partial charge in [-0.25, -0.2) is 13.4 Å². The van der Waals surface area contributed by atoms with Crippen LogP contribution in [0.5, 0.6) is 0 Å². The van der Waals surface area contributed by atoms with Crippen LogP contribution in [0.25, 0.3) is 0 Å². The highest BCUT2D eigenvalue weighted by Gasteiger charge is 2.32. The van der Waals surface area contributed by atoms with E-state index in [1.807, 2.05) is 0 Å². The van der Waals surface area contributed by atoms with Crippen LogP contribution in [0.2, 0.25) is 0 Å². The summed E-state index contributed by atoms with van der Waals surface area (Å²) in [4.78, 5) is 14.5. The number of aliphatic carboxylic acids is 1. The van der Waals surface area contributed by atoms with Gasteiger partial charge >= 0.3 is 5.97 Å². The Kier molecular flexibility index (Phi) is 3.91. The lowest BCUT2D eigenvalue weighted by Crippen LogP contribution is -2.22. The maximum atomic E-state index is 11.9. The van der Waals surface area contributed by atoms with Gasteiger partial charge in [0.1, 0.15) is 11.1 Å². The van der Waals surface area contributed by atoms with Crippen LogP contribution in [0.3, 0.4) is 0 Å². The first-order valence-electron chi connectivity index (χ1n) is 5.47. The molecule has 0 bridgehead atoms. The zero-order valence-corrected chi connectivity index (χ0v) is 11.1. The number of aromatic nitrogens is 3. The molecule has 0 aliphatic carbocycles. The van der Waals surface area contributed by atoms with Crippen LogP contribution in [-0.2, 0) is 14.6 Å². The van der Waals surface area contributed by atoms with Crippen molar-refractivity contribution in [2.45, 2.75) is 29.7 Å². The zero-order valence-electron chi connectivity index (χ0n) is 9.50. The molecule has 0 saturated carbocycles. The van der Waals surface area contributed by atoms with E-state index < -0.39 is 21.1 Å². The van der Waals surface area contributed by atoms with Crippen molar-refractivity contribution in [2.75, 3.05) is 11.5 Å². The van der Waals surface area contributed by atoms with Gasteiger partial charge in [-0.3, -0.25) is 9.89 Å². The molecule has 18 heavy (non-hydrogen) atoms. The van der Waals surface area contributed by atoms with Gasteiger partial charge in [-0.2, -0.15) is 0 Å². The second-order valence-electron chi connectivity index (χ2n) is 4.04. The highest BCUT2D eigenvalue weighted by Crippen LogP contribution is 2.31. The Hall–Kier alpha value is -1.09. The van der Waals surface area contributed by atoms with E-state index in [0.717, 1.165) is 18.2 Å². The fraction of sp³-hybridized carbons (Fsp3) is 0.667. The molecular weight excluding hydrogens is 278 g/mol. The molecule has 7 nitrogen and oxygen atoms in total. The Bertz CT molecular complexity index is 540. The number of H-pyrrole nitrogens is 1. The second kappa shape index (κ2) is 5.27. The van der Waals surface area contributed by atoms with Gasteiger partial charge in [0.25, 0.3) is 0 Å². The van der Waals surface area contributed by atoms with E-state index in [-0.39, 0.29) is 16.7 Å². The Labute approximate surface area is 108 Å². The molecule has 0 radical (unpaired) electrons. The normalized spacial score (nSPS) is 22.8. The van der Waals surface area contributed by atoms with E-state index in [2.05, 4.69) is 15.2 Å². The summed E-state index contributed by atoms with van der Waals surface area (Å²) in [6, 6.07) is 0. The van der Waals surface area contributed by atoms with E-state index in [0.29, 0.717) is 18.7 Å². The fourth-order valence-electron chi connectivity index (χ4n) is 1.85.